The van der Waals surface area contributed by atoms with E-state index in [4.69, 9.17) is 10.2 Å². The molecule has 0 aliphatic carbocycles. The fourth-order valence-corrected chi connectivity index (χ4v) is 2.93. The van der Waals surface area contributed by atoms with Crippen LogP contribution in [0.4, 0.5) is 0 Å². The van der Waals surface area contributed by atoms with Gasteiger partial charge in [0.05, 0.1) is 12.2 Å². The Bertz CT molecular complexity index is 446. The third-order valence-electron chi connectivity index (χ3n) is 2.07. The first-order valence-corrected chi connectivity index (χ1v) is 7.36. The van der Waals surface area contributed by atoms with E-state index in [9.17, 15) is 14.4 Å². The van der Waals surface area contributed by atoms with E-state index in [1.54, 1.807) is 11.3 Å². The van der Waals surface area contributed by atoms with E-state index < -0.39 is 30.3 Å². The summed E-state index contributed by atoms with van der Waals surface area (Å²) in [5.41, 5.74) is 0. The molecule has 19 heavy (non-hydrogen) atoms. The van der Waals surface area contributed by atoms with Crippen LogP contribution in [0.2, 0.25) is 0 Å². The zero-order valence-corrected chi connectivity index (χ0v) is 11.5. The average Bonchev–Trinajstić information content (AvgIpc) is 2.80. The van der Waals surface area contributed by atoms with Crippen LogP contribution in [-0.2, 0) is 20.1 Å². The van der Waals surface area contributed by atoms with Gasteiger partial charge in [0.1, 0.15) is 6.04 Å². The molecule has 1 heterocycles. The summed E-state index contributed by atoms with van der Waals surface area (Å²) >= 11 is 2.93. The van der Waals surface area contributed by atoms with Crippen LogP contribution in [-0.4, -0.2) is 39.9 Å². The highest BCUT2D eigenvalue weighted by Crippen LogP contribution is 2.16. The highest BCUT2D eigenvalue weighted by atomic mass is 32.2. The summed E-state index contributed by atoms with van der Waals surface area (Å²) in [6.07, 6.45) is -0.628. The van der Waals surface area contributed by atoms with Gasteiger partial charge in [0.15, 0.2) is 0 Å². The van der Waals surface area contributed by atoms with E-state index in [0.29, 0.717) is 5.75 Å². The van der Waals surface area contributed by atoms with Gasteiger partial charge in [-0.3, -0.25) is 9.59 Å². The minimum Gasteiger partial charge on any atom is -0.481 e. The SMILES string of the molecule is O=C(O)C[C@@H](NC(=O)CSCc1cccs1)C(=O)O. The van der Waals surface area contributed by atoms with Crippen molar-refractivity contribution in [1.82, 2.24) is 5.32 Å². The van der Waals surface area contributed by atoms with Crippen LogP contribution in [0.3, 0.4) is 0 Å². The molecule has 0 aromatic carbocycles. The second kappa shape index (κ2) is 7.80. The number of carbonyl (C=O) groups excluding carboxylic acids is 1. The highest BCUT2D eigenvalue weighted by Gasteiger charge is 2.22. The van der Waals surface area contributed by atoms with Gasteiger partial charge >= 0.3 is 11.9 Å². The fraction of sp³-hybridized carbons (Fsp3) is 0.364. The van der Waals surface area contributed by atoms with Gasteiger partial charge < -0.3 is 15.5 Å². The van der Waals surface area contributed by atoms with Gasteiger partial charge in [0, 0.05) is 10.6 Å². The van der Waals surface area contributed by atoms with E-state index >= 15 is 0 Å². The number of nitrogens with one attached hydrogen (secondary N) is 1. The summed E-state index contributed by atoms with van der Waals surface area (Å²) in [7, 11) is 0. The number of rotatable bonds is 8. The second-order valence-corrected chi connectivity index (χ2v) is 5.65. The van der Waals surface area contributed by atoms with E-state index in [1.807, 2.05) is 17.5 Å². The van der Waals surface area contributed by atoms with Crippen LogP contribution in [0.15, 0.2) is 17.5 Å². The third-order valence-corrected chi connectivity index (χ3v) is 4.11. The predicted octanol–water partition coefficient (Wildman–Crippen LogP) is 1.03. The molecule has 1 aromatic heterocycles. The van der Waals surface area contributed by atoms with Crippen LogP contribution in [0.1, 0.15) is 11.3 Å². The van der Waals surface area contributed by atoms with Gasteiger partial charge in [-0.25, -0.2) is 4.79 Å². The maximum absolute atomic E-state index is 11.5. The smallest absolute Gasteiger partial charge is 0.326 e. The van der Waals surface area contributed by atoms with Crippen LogP contribution < -0.4 is 5.32 Å². The largest absolute Gasteiger partial charge is 0.481 e. The van der Waals surface area contributed by atoms with Crippen molar-refractivity contribution in [3.8, 4) is 0 Å². The molecule has 0 fully saturated rings. The van der Waals surface area contributed by atoms with E-state index in [-0.39, 0.29) is 5.75 Å². The Morgan fingerprint density at radius 1 is 1.37 bits per heavy atom. The van der Waals surface area contributed by atoms with Crippen molar-refractivity contribution in [3.05, 3.63) is 22.4 Å². The molecule has 0 aliphatic rings. The normalized spacial score (nSPS) is 11.8. The van der Waals surface area contributed by atoms with Crippen molar-refractivity contribution in [2.24, 2.45) is 0 Å². The molecule has 0 spiro atoms. The minimum atomic E-state index is -1.38. The molecule has 1 atom stereocenters. The lowest BCUT2D eigenvalue weighted by molar-refractivity contribution is -0.147. The van der Waals surface area contributed by atoms with Gasteiger partial charge in [-0.1, -0.05) is 6.07 Å². The molecular formula is C11H13NO5S2. The Labute approximate surface area is 117 Å². The van der Waals surface area contributed by atoms with Crippen molar-refractivity contribution in [2.45, 2.75) is 18.2 Å². The highest BCUT2D eigenvalue weighted by molar-refractivity contribution is 7.99. The quantitative estimate of drug-likeness (QED) is 0.662. The number of amides is 1. The van der Waals surface area contributed by atoms with Crippen molar-refractivity contribution >= 4 is 40.9 Å². The summed E-state index contributed by atoms with van der Waals surface area (Å²) in [5, 5.41) is 21.4. The van der Waals surface area contributed by atoms with Crippen molar-refractivity contribution in [3.63, 3.8) is 0 Å². The average molecular weight is 303 g/mol. The number of carboxylic acids is 2. The molecule has 0 saturated carbocycles. The number of carboxylic acid groups (broad SMARTS) is 2. The van der Waals surface area contributed by atoms with Gasteiger partial charge in [0.25, 0.3) is 0 Å². The lowest BCUT2D eigenvalue weighted by Crippen LogP contribution is -2.43. The lowest BCUT2D eigenvalue weighted by atomic mass is 10.2. The lowest BCUT2D eigenvalue weighted by Gasteiger charge is -2.11. The number of hydrogen-bond donors (Lipinski definition) is 3. The Hall–Kier alpha value is -1.54. The topological polar surface area (TPSA) is 104 Å². The standard InChI is InChI=1S/C11H13NO5S2/c13-9(6-18-5-7-2-1-3-19-7)12-8(11(16)17)4-10(14)15/h1-3,8H,4-6H2,(H,12,13)(H,14,15)(H,16,17)/t8-/m1/s1. The molecule has 0 unspecified atom stereocenters. The van der Waals surface area contributed by atoms with Crippen LogP contribution >= 0.6 is 23.1 Å². The molecule has 104 valence electrons. The van der Waals surface area contributed by atoms with Crippen molar-refractivity contribution < 1.29 is 24.6 Å². The van der Waals surface area contributed by atoms with E-state index in [0.717, 1.165) is 4.88 Å². The van der Waals surface area contributed by atoms with Crippen LogP contribution in [0.5, 0.6) is 0 Å². The summed E-state index contributed by atoms with van der Waals surface area (Å²) in [6, 6.07) is 2.47. The molecule has 0 saturated heterocycles. The number of hydrogen-bond acceptors (Lipinski definition) is 5. The number of thiophene rings is 1. The molecule has 0 aliphatic heterocycles. The van der Waals surface area contributed by atoms with E-state index in [1.165, 1.54) is 11.8 Å². The van der Waals surface area contributed by atoms with Gasteiger partial charge in [0.2, 0.25) is 5.91 Å². The van der Waals surface area contributed by atoms with Crippen LogP contribution in [0.25, 0.3) is 0 Å². The Morgan fingerprint density at radius 2 is 2.11 bits per heavy atom. The monoisotopic (exact) mass is 303 g/mol. The van der Waals surface area contributed by atoms with Gasteiger partial charge in [-0.15, -0.1) is 23.1 Å². The second-order valence-electron chi connectivity index (χ2n) is 3.63. The number of carbonyl (C=O) groups is 3. The first-order chi connectivity index (χ1) is 8.99. The van der Waals surface area contributed by atoms with Crippen molar-refractivity contribution in [2.75, 3.05) is 5.75 Å². The Morgan fingerprint density at radius 3 is 2.63 bits per heavy atom. The summed E-state index contributed by atoms with van der Waals surface area (Å²) in [6.45, 7) is 0. The summed E-state index contributed by atoms with van der Waals surface area (Å²) in [4.78, 5) is 33.8. The van der Waals surface area contributed by atoms with Gasteiger partial charge in [-0.05, 0) is 11.4 Å². The van der Waals surface area contributed by atoms with Crippen molar-refractivity contribution in [1.29, 1.82) is 0 Å². The van der Waals surface area contributed by atoms with E-state index in [2.05, 4.69) is 5.32 Å². The number of aliphatic carboxylic acids is 2. The third kappa shape index (κ3) is 6.25. The Kier molecular flexibility index (Phi) is 6.37. The summed E-state index contributed by atoms with van der Waals surface area (Å²) in [5.74, 6) is -2.32. The predicted molar refractivity (Wildman–Crippen MR) is 72.3 cm³/mol. The zero-order valence-electron chi connectivity index (χ0n) is 9.87. The molecule has 0 radical (unpaired) electrons. The maximum atomic E-state index is 11.5. The molecule has 1 amide bonds. The fourth-order valence-electron chi connectivity index (χ4n) is 1.25. The molecule has 0 bridgehead atoms. The summed E-state index contributed by atoms with van der Waals surface area (Å²) < 4.78 is 0. The molecular weight excluding hydrogens is 290 g/mol. The Balaban J connectivity index is 2.32. The van der Waals surface area contributed by atoms with Gasteiger partial charge in [-0.2, -0.15) is 0 Å². The zero-order chi connectivity index (χ0) is 14.3. The maximum Gasteiger partial charge on any atom is 0.326 e. The molecule has 1 aromatic rings. The first kappa shape index (κ1) is 15.5. The van der Waals surface area contributed by atoms with Crippen LogP contribution in [0, 0.1) is 0 Å². The molecule has 3 N–H and O–H groups in total. The molecule has 8 heteroatoms. The number of thioether (sulfide) groups is 1. The minimum absolute atomic E-state index is 0.0985. The first-order valence-electron chi connectivity index (χ1n) is 5.33. The molecule has 6 nitrogen and oxygen atoms in total. The molecule has 1 rings (SSSR count).